The van der Waals surface area contributed by atoms with Crippen LogP contribution < -0.4 is 5.32 Å². The second kappa shape index (κ2) is 8.29. The maximum Gasteiger partial charge on any atom is 0.337 e. The molecular formula is C20H23NO3. The van der Waals surface area contributed by atoms with Crippen molar-refractivity contribution in [2.24, 2.45) is 0 Å². The highest BCUT2D eigenvalue weighted by Crippen LogP contribution is 2.16. The van der Waals surface area contributed by atoms with Crippen LogP contribution in [0.15, 0.2) is 48.5 Å². The topological polar surface area (TPSA) is 55.4 Å². The van der Waals surface area contributed by atoms with E-state index in [0.717, 1.165) is 5.56 Å². The molecule has 2 aromatic rings. The summed E-state index contributed by atoms with van der Waals surface area (Å²) in [6.07, 6.45) is 1.12. The number of amides is 1. The van der Waals surface area contributed by atoms with Gasteiger partial charge in [0.15, 0.2) is 0 Å². The van der Waals surface area contributed by atoms with Crippen LogP contribution in [0.2, 0.25) is 0 Å². The van der Waals surface area contributed by atoms with Gasteiger partial charge in [0.2, 0.25) is 5.91 Å². The molecule has 0 radical (unpaired) electrons. The van der Waals surface area contributed by atoms with E-state index in [1.807, 2.05) is 0 Å². The average Bonchev–Trinajstić information content (AvgIpc) is 2.60. The highest BCUT2D eigenvalue weighted by atomic mass is 16.5. The molecule has 24 heavy (non-hydrogen) atoms. The van der Waals surface area contributed by atoms with E-state index < -0.39 is 5.97 Å². The summed E-state index contributed by atoms with van der Waals surface area (Å²) in [6.45, 7) is 4.32. The largest absolute Gasteiger partial charge is 0.465 e. The summed E-state index contributed by atoms with van der Waals surface area (Å²) in [7, 11) is 1.34. The highest BCUT2D eigenvalue weighted by molar-refractivity contribution is 5.93. The molecule has 0 saturated carbocycles. The molecule has 2 rings (SSSR count). The summed E-state index contributed by atoms with van der Waals surface area (Å²) in [5.74, 6) is 0.0711. The molecular weight excluding hydrogens is 302 g/mol. The third-order valence-corrected chi connectivity index (χ3v) is 3.88. The van der Waals surface area contributed by atoms with Gasteiger partial charge in [0, 0.05) is 12.1 Å². The van der Waals surface area contributed by atoms with E-state index in [4.69, 9.17) is 0 Å². The lowest BCUT2D eigenvalue weighted by atomic mass is 10.0. The van der Waals surface area contributed by atoms with Crippen LogP contribution in [0.5, 0.6) is 0 Å². The molecule has 4 nitrogen and oxygen atoms in total. The number of hydrogen-bond acceptors (Lipinski definition) is 3. The maximum atomic E-state index is 12.0. The van der Waals surface area contributed by atoms with E-state index in [1.165, 1.54) is 12.7 Å². The molecule has 1 N–H and O–H groups in total. The molecule has 0 aliphatic heterocycles. The summed E-state index contributed by atoms with van der Waals surface area (Å²) < 4.78 is 4.64. The molecule has 0 heterocycles. The summed E-state index contributed by atoms with van der Waals surface area (Å²) >= 11 is 0. The summed E-state index contributed by atoms with van der Waals surface area (Å²) in [5, 5.41) is 2.83. The first kappa shape index (κ1) is 17.7. The van der Waals surface area contributed by atoms with Gasteiger partial charge in [0.25, 0.3) is 0 Å². The van der Waals surface area contributed by atoms with Crippen LogP contribution in [-0.2, 0) is 16.0 Å². The smallest absolute Gasteiger partial charge is 0.337 e. The number of aryl methyl sites for hydroxylation is 1. The van der Waals surface area contributed by atoms with Gasteiger partial charge in [-0.1, -0.05) is 38.1 Å². The third kappa shape index (κ3) is 4.95. The first-order valence-corrected chi connectivity index (χ1v) is 8.06. The molecule has 0 fully saturated rings. The first-order valence-electron chi connectivity index (χ1n) is 8.06. The van der Waals surface area contributed by atoms with Gasteiger partial charge in [-0.15, -0.1) is 0 Å². The predicted octanol–water partition coefficient (Wildman–Crippen LogP) is 4.17. The Labute approximate surface area is 142 Å². The van der Waals surface area contributed by atoms with Gasteiger partial charge < -0.3 is 10.1 Å². The summed E-state index contributed by atoms with van der Waals surface area (Å²) in [6, 6.07) is 15.0. The van der Waals surface area contributed by atoms with Crippen molar-refractivity contribution in [3.05, 3.63) is 65.2 Å². The number of esters is 1. The second-order valence-corrected chi connectivity index (χ2v) is 6.01. The quantitative estimate of drug-likeness (QED) is 0.811. The summed E-state index contributed by atoms with van der Waals surface area (Å²) in [5.41, 5.74) is 3.58. The lowest BCUT2D eigenvalue weighted by Gasteiger charge is -2.08. The first-order chi connectivity index (χ1) is 11.5. The highest BCUT2D eigenvalue weighted by Gasteiger charge is 2.07. The van der Waals surface area contributed by atoms with E-state index in [2.05, 4.69) is 48.2 Å². The van der Waals surface area contributed by atoms with Crippen molar-refractivity contribution in [3.8, 4) is 0 Å². The fourth-order valence-electron chi connectivity index (χ4n) is 2.36. The van der Waals surface area contributed by atoms with Gasteiger partial charge in [-0.2, -0.15) is 0 Å². The Kier molecular flexibility index (Phi) is 6.13. The van der Waals surface area contributed by atoms with E-state index in [-0.39, 0.29) is 5.91 Å². The van der Waals surface area contributed by atoms with Crippen LogP contribution in [0.1, 0.15) is 47.7 Å². The van der Waals surface area contributed by atoms with Crippen molar-refractivity contribution in [2.75, 3.05) is 12.4 Å². The van der Waals surface area contributed by atoms with E-state index in [1.54, 1.807) is 24.3 Å². The summed E-state index contributed by atoms with van der Waals surface area (Å²) in [4.78, 5) is 23.4. The Morgan fingerprint density at radius 3 is 2.17 bits per heavy atom. The SMILES string of the molecule is COC(=O)c1ccc(NC(=O)CCc2ccc(C(C)C)cc2)cc1. The molecule has 0 aliphatic carbocycles. The molecule has 0 atom stereocenters. The van der Waals surface area contributed by atoms with Crippen molar-refractivity contribution < 1.29 is 14.3 Å². The molecule has 0 saturated heterocycles. The molecule has 1 amide bonds. The number of ether oxygens (including phenoxy) is 1. The van der Waals surface area contributed by atoms with Gasteiger partial charge in [0.1, 0.15) is 0 Å². The van der Waals surface area contributed by atoms with Gasteiger partial charge in [-0.25, -0.2) is 4.79 Å². The molecule has 0 bridgehead atoms. The molecule has 0 spiro atoms. The van der Waals surface area contributed by atoms with Gasteiger partial charge in [-0.3, -0.25) is 4.79 Å². The van der Waals surface area contributed by atoms with Crippen molar-refractivity contribution in [3.63, 3.8) is 0 Å². The van der Waals surface area contributed by atoms with Gasteiger partial charge in [0.05, 0.1) is 12.7 Å². The molecule has 0 unspecified atom stereocenters. The van der Waals surface area contributed by atoms with Crippen molar-refractivity contribution in [1.29, 1.82) is 0 Å². The maximum absolute atomic E-state index is 12.0. The van der Waals surface area contributed by atoms with Crippen molar-refractivity contribution in [2.45, 2.75) is 32.6 Å². The van der Waals surface area contributed by atoms with Crippen LogP contribution in [0.25, 0.3) is 0 Å². The fraction of sp³-hybridized carbons (Fsp3) is 0.300. The molecule has 126 valence electrons. The number of carbonyl (C=O) groups excluding carboxylic acids is 2. The van der Waals surface area contributed by atoms with Crippen LogP contribution in [-0.4, -0.2) is 19.0 Å². The van der Waals surface area contributed by atoms with Gasteiger partial charge in [-0.05, 0) is 47.7 Å². The normalized spacial score (nSPS) is 10.5. The lowest BCUT2D eigenvalue weighted by Crippen LogP contribution is -2.12. The Bertz CT molecular complexity index is 688. The zero-order valence-electron chi connectivity index (χ0n) is 14.3. The molecule has 2 aromatic carbocycles. The van der Waals surface area contributed by atoms with Gasteiger partial charge >= 0.3 is 5.97 Å². The fourth-order valence-corrected chi connectivity index (χ4v) is 2.36. The number of anilines is 1. The predicted molar refractivity (Wildman–Crippen MR) is 95.3 cm³/mol. The second-order valence-electron chi connectivity index (χ2n) is 6.01. The third-order valence-electron chi connectivity index (χ3n) is 3.88. The zero-order valence-corrected chi connectivity index (χ0v) is 14.3. The van der Waals surface area contributed by atoms with Crippen LogP contribution in [0.3, 0.4) is 0 Å². The molecule has 0 aliphatic rings. The average molecular weight is 325 g/mol. The number of nitrogens with one attached hydrogen (secondary N) is 1. The Morgan fingerprint density at radius 2 is 1.62 bits per heavy atom. The van der Waals surface area contributed by atoms with E-state index in [0.29, 0.717) is 30.0 Å². The van der Waals surface area contributed by atoms with Crippen molar-refractivity contribution in [1.82, 2.24) is 0 Å². The zero-order chi connectivity index (χ0) is 17.5. The minimum absolute atomic E-state index is 0.0474. The Morgan fingerprint density at radius 1 is 1.00 bits per heavy atom. The number of hydrogen-bond donors (Lipinski definition) is 1. The molecule has 4 heteroatoms. The number of carbonyl (C=O) groups is 2. The standard InChI is InChI=1S/C20H23NO3/c1-14(2)16-7-4-15(5-8-16)6-13-19(22)21-18-11-9-17(10-12-18)20(23)24-3/h4-5,7-12,14H,6,13H2,1-3H3,(H,21,22). The minimum Gasteiger partial charge on any atom is -0.465 e. The minimum atomic E-state index is -0.391. The van der Waals surface area contributed by atoms with Crippen LogP contribution >= 0.6 is 0 Å². The number of rotatable bonds is 6. The monoisotopic (exact) mass is 325 g/mol. The van der Waals surface area contributed by atoms with Crippen molar-refractivity contribution >= 4 is 17.6 Å². The molecule has 0 aromatic heterocycles. The Balaban J connectivity index is 1.85. The lowest BCUT2D eigenvalue weighted by molar-refractivity contribution is -0.116. The number of benzene rings is 2. The Hall–Kier alpha value is -2.62. The number of methoxy groups -OCH3 is 1. The van der Waals surface area contributed by atoms with E-state index in [9.17, 15) is 9.59 Å². The van der Waals surface area contributed by atoms with Crippen LogP contribution in [0, 0.1) is 0 Å². The van der Waals surface area contributed by atoms with E-state index >= 15 is 0 Å². The van der Waals surface area contributed by atoms with Crippen LogP contribution in [0.4, 0.5) is 5.69 Å².